The van der Waals surface area contributed by atoms with Crippen molar-refractivity contribution < 1.29 is 46.0 Å². The molecule has 2 unspecified atom stereocenters. The van der Waals surface area contributed by atoms with Crippen molar-refractivity contribution in [3.8, 4) is 23.0 Å². The Kier molecular flexibility index (Phi) is 17.2. The van der Waals surface area contributed by atoms with E-state index >= 15 is 0 Å². The van der Waals surface area contributed by atoms with E-state index in [2.05, 4.69) is 27.7 Å². The first-order chi connectivity index (χ1) is 28.9. The fourth-order valence-corrected chi connectivity index (χ4v) is 8.02. The predicted molar refractivity (Wildman–Crippen MR) is 231 cm³/mol. The highest BCUT2D eigenvalue weighted by atomic mass is 19.4. The lowest BCUT2D eigenvalue weighted by Gasteiger charge is -2.33. The number of rotatable bonds is 16. The van der Waals surface area contributed by atoms with Crippen LogP contribution in [0.4, 0.5) is 37.7 Å². The second kappa shape index (κ2) is 22.1. The van der Waals surface area contributed by atoms with E-state index in [4.69, 9.17) is 9.47 Å². The minimum absolute atomic E-state index is 0.335. The summed E-state index contributed by atoms with van der Waals surface area (Å²) in [5.74, 6) is 3.92. The summed E-state index contributed by atoms with van der Waals surface area (Å²) in [7, 11) is 0. The van der Waals surface area contributed by atoms with Crippen LogP contribution in [0.2, 0.25) is 0 Å². The summed E-state index contributed by atoms with van der Waals surface area (Å²) in [5.41, 5.74) is 3.56. The van der Waals surface area contributed by atoms with E-state index in [9.17, 15) is 36.6 Å². The van der Waals surface area contributed by atoms with E-state index in [0.717, 1.165) is 62.5 Å². The number of alkyl halides is 6. The molecule has 12 heteroatoms. The Labute approximate surface area is 357 Å². The minimum Gasteiger partial charge on any atom is -0.457 e. The first-order valence-electron chi connectivity index (χ1n) is 21.7. The third-order valence-corrected chi connectivity index (χ3v) is 11.6. The lowest BCUT2D eigenvalue weighted by atomic mass is 9.88. The topological polar surface area (TPSA) is 65.4 Å². The Morgan fingerprint density at radius 1 is 0.508 bits per heavy atom. The zero-order valence-corrected chi connectivity index (χ0v) is 35.8. The van der Waals surface area contributed by atoms with Crippen molar-refractivity contribution in [2.45, 2.75) is 122 Å². The third-order valence-electron chi connectivity index (χ3n) is 11.6. The summed E-state index contributed by atoms with van der Waals surface area (Å²) in [4.78, 5) is 3.30. The molecule has 0 amide bonds. The normalized spacial score (nSPS) is 16.2. The second-order valence-corrected chi connectivity index (χ2v) is 17.2. The fraction of sp³-hybridized carbons (Fsp3) is 0.510. The fourth-order valence-electron chi connectivity index (χ4n) is 8.02. The number of anilines is 2. The van der Waals surface area contributed by atoms with Crippen LogP contribution in [0.1, 0.15) is 108 Å². The molecule has 334 valence electrons. The maximum absolute atomic E-state index is 13.1. The Morgan fingerprint density at radius 3 is 1.18 bits per heavy atom. The van der Waals surface area contributed by atoms with Gasteiger partial charge in [0, 0.05) is 36.6 Å². The first-order valence-corrected chi connectivity index (χ1v) is 21.7. The Hall–Kier alpha value is -4.42. The molecule has 0 heterocycles. The third kappa shape index (κ3) is 15.2. The molecule has 2 aliphatic carbocycles. The van der Waals surface area contributed by atoms with Gasteiger partial charge in [0.2, 0.25) is 0 Å². The molecule has 6 nitrogen and oxygen atoms in total. The van der Waals surface area contributed by atoms with Gasteiger partial charge in [-0.1, -0.05) is 96.2 Å². The van der Waals surface area contributed by atoms with E-state index < -0.39 is 37.7 Å². The average Bonchev–Trinajstić information content (AvgIpc) is 3.74. The van der Waals surface area contributed by atoms with Crippen molar-refractivity contribution in [1.29, 1.82) is 0 Å². The van der Waals surface area contributed by atoms with Gasteiger partial charge < -0.3 is 29.5 Å². The quantitative estimate of drug-likeness (QED) is 0.109. The highest BCUT2D eigenvalue weighted by Crippen LogP contribution is 2.35. The molecule has 2 atom stereocenters. The maximum atomic E-state index is 13.1. The van der Waals surface area contributed by atoms with Gasteiger partial charge in [0.1, 0.15) is 23.0 Å². The Morgan fingerprint density at radius 2 is 0.836 bits per heavy atom. The molecule has 0 bridgehead atoms. The molecule has 0 saturated heterocycles. The van der Waals surface area contributed by atoms with E-state index in [1.54, 1.807) is 58.3 Å². The van der Waals surface area contributed by atoms with Crippen LogP contribution in [0.5, 0.6) is 23.0 Å². The summed E-state index contributed by atoms with van der Waals surface area (Å²) >= 11 is 0. The SMILES string of the molecule is CC(C)c1cccc(Oc2cccc(N(CC3CCCC3)CC(O)C(F)(F)F)c2)c1.CC(C)c1cccc(Oc2cccc(N(CC3CCCCC3)CC(O)C(F)(F)F)c2)c1. The summed E-state index contributed by atoms with van der Waals surface area (Å²) < 4.78 is 90.2. The maximum Gasteiger partial charge on any atom is 0.416 e. The van der Waals surface area contributed by atoms with Gasteiger partial charge in [-0.25, -0.2) is 0 Å². The van der Waals surface area contributed by atoms with E-state index in [0.29, 0.717) is 71.1 Å². The first kappa shape index (κ1) is 47.6. The summed E-state index contributed by atoms with van der Waals surface area (Å²) in [6.07, 6.45) is -4.40. The lowest BCUT2D eigenvalue weighted by Crippen LogP contribution is -2.43. The van der Waals surface area contributed by atoms with Crippen LogP contribution < -0.4 is 19.3 Å². The van der Waals surface area contributed by atoms with Crippen LogP contribution in [-0.2, 0) is 0 Å². The van der Waals surface area contributed by atoms with Crippen LogP contribution in [0.3, 0.4) is 0 Å². The lowest BCUT2D eigenvalue weighted by molar-refractivity contribution is -0.200. The average molecular weight is 857 g/mol. The van der Waals surface area contributed by atoms with Gasteiger partial charge in [0.15, 0.2) is 12.2 Å². The molecular weight excluding hydrogens is 795 g/mol. The molecule has 6 rings (SSSR count). The van der Waals surface area contributed by atoms with Gasteiger partial charge in [0.05, 0.1) is 13.1 Å². The number of hydrogen-bond acceptors (Lipinski definition) is 6. The zero-order valence-electron chi connectivity index (χ0n) is 35.8. The molecule has 0 radical (unpaired) electrons. The van der Waals surface area contributed by atoms with E-state index in [1.807, 2.05) is 48.5 Å². The molecule has 4 aromatic rings. The molecule has 4 aromatic carbocycles. The van der Waals surface area contributed by atoms with Gasteiger partial charge in [-0.2, -0.15) is 26.3 Å². The predicted octanol–water partition coefficient (Wildman–Crippen LogP) is 13.4. The van der Waals surface area contributed by atoms with Gasteiger partial charge in [0.25, 0.3) is 0 Å². The molecule has 0 aromatic heterocycles. The molecule has 2 fully saturated rings. The largest absolute Gasteiger partial charge is 0.457 e. The van der Waals surface area contributed by atoms with E-state index in [1.165, 1.54) is 6.42 Å². The second-order valence-electron chi connectivity index (χ2n) is 17.2. The standard InChI is InChI=1S/C25H32F3NO2.C24H30F3NO2/c1-18(2)20-10-6-12-22(14-20)31-23-13-7-11-21(15-23)29(17-24(30)25(26,27)28)16-19-8-4-3-5-9-19;1-17(2)19-9-5-11-21(13-19)30-22-12-6-10-20(14-22)28(15-18-7-3-4-8-18)16-23(29)24(25,26)27/h6-7,10-15,18-19,24,30H,3-5,8-9,16-17H2,1-2H3;5-6,9-14,17-18,23,29H,3-4,7-8,15-16H2,1-2H3. The van der Waals surface area contributed by atoms with Crippen LogP contribution in [0, 0.1) is 11.8 Å². The molecule has 2 N–H and O–H groups in total. The monoisotopic (exact) mass is 856 g/mol. The van der Waals surface area contributed by atoms with Crippen molar-refractivity contribution in [3.05, 3.63) is 108 Å². The van der Waals surface area contributed by atoms with Crippen molar-refractivity contribution in [3.63, 3.8) is 0 Å². The Balaban J connectivity index is 0.000000231. The summed E-state index contributed by atoms with van der Waals surface area (Å²) in [6, 6.07) is 29.8. The number of ether oxygens (including phenoxy) is 2. The molecule has 0 spiro atoms. The number of aliphatic hydroxyl groups is 2. The zero-order chi connectivity index (χ0) is 44.2. The molecule has 2 saturated carbocycles. The van der Waals surface area contributed by atoms with Gasteiger partial charge >= 0.3 is 12.4 Å². The summed E-state index contributed by atoms with van der Waals surface area (Å²) in [6.45, 7) is 8.46. The Bertz CT molecular complexity index is 1920. The van der Waals surface area contributed by atoms with Gasteiger partial charge in [-0.3, -0.25) is 0 Å². The molecule has 61 heavy (non-hydrogen) atoms. The molecule has 2 aliphatic rings. The molecular formula is C49H62F6N2O4. The van der Waals surface area contributed by atoms with Crippen molar-refractivity contribution in [2.75, 3.05) is 36.0 Å². The number of halogens is 6. The van der Waals surface area contributed by atoms with Crippen LogP contribution in [-0.4, -0.2) is 61.0 Å². The van der Waals surface area contributed by atoms with Crippen LogP contribution in [0.25, 0.3) is 0 Å². The van der Waals surface area contributed by atoms with Crippen molar-refractivity contribution in [1.82, 2.24) is 0 Å². The number of benzene rings is 4. The van der Waals surface area contributed by atoms with E-state index in [-0.39, 0.29) is 0 Å². The van der Waals surface area contributed by atoms with Crippen LogP contribution in [0.15, 0.2) is 97.1 Å². The highest BCUT2D eigenvalue weighted by Gasteiger charge is 2.40. The highest BCUT2D eigenvalue weighted by molar-refractivity contribution is 5.53. The molecule has 0 aliphatic heterocycles. The minimum atomic E-state index is -4.64. The van der Waals surface area contributed by atoms with Crippen molar-refractivity contribution >= 4 is 11.4 Å². The number of nitrogens with zero attached hydrogens (tertiary/aromatic N) is 2. The number of aliphatic hydroxyl groups excluding tert-OH is 2. The smallest absolute Gasteiger partial charge is 0.416 e. The van der Waals surface area contributed by atoms with Gasteiger partial charge in [-0.05, 0) is 109 Å². The number of hydrogen-bond donors (Lipinski definition) is 2. The van der Waals surface area contributed by atoms with Gasteiger partial charge in [-0.15, -0.1) is 0 Å². The van der Waals surface area contributed by atoms with Crippen molar-refractivity contribution in [2.24, 2.45) is 11.8 Å². The summed E-state index contributed by atoms with van der Waals surface area (Å²) in [5, 5.41) is 19.4. The van der Waals surface area contributed by atoms with Crippen LogP contribution >= 0.6 is 0 Å².